The van der Waals surface area contributed by atoms with Gasteiger partial charge in [-0.2, -0.15) is 5.10 Å². The Balaban J connectivity index is 1.58. The number of nitrogens with zero attached hydrogens (tertiary/aromatic N) is 2. The number of morpholine rings is 1. The Morgan fingerprint density at radius 3 is 3.00 bits per heavy atom. The SMILES string of the molecule is CC[C@@H](NC(=O)c1cn[nH]c1)[C@H]1CN(Cc2ccccc2)CCO1. The molecule has 1 aromatic carbocycles. The number of rotatable bonds is 6. The van der Waals surface area contributed by atoms with Gasteiger partial charge >= 0.3 is 0 Å². The van der Waals surface area contributed by atoms with Crippen molar-refractivity contribution in [3.05, 3.63) is 53.9 Å². The average molecular weight is 328 g/mol. The van der Waals surface area contributed by atoms with Crippen molar-refractivity contribution in [2.45, 2.75) is 32.0 Å². The second-order valence-corrected chi connectivity index (χ2v) is 6.11. The Hall–Kier alpha value is -2.18. The first-order valence-corrected chi connectivity index (χ1v) is 8.43. The molecule has 0 unspecified atom stereocenters. The summed E-state index contributed by atoms with van der Waals surface area (Å²) in [6.45, 7) is 5.40. The van der Waals surface area contributed by atoms with Crippen LogP contribution < -0.4 is 5.32 Å². The molecule has 0 aliphatic carbocycles. The lowest BCUT2D eigenvalue weighted by Crippen LogP contribution is -2.53. The third kappa shape index (κ3) is 4.21. The van der Waals surface area contributed by atoms with E-state index in [1.165, 1.54) is 11.8 Å². The predicted octanol–water partition coefficient (Wildman–Crippen LogP) is 1.82. The van der Waals surface area contributed by atoms with Gasteiger partial charge in [0, 0.05) is 25.8 Å². The quantitative estimate of drug-likeness (QED) is 0.848. The van der Waals surface area contributed by atoms with Crippen molar-refractivity contribution >= 4 is 5.91 Å². The fraction of sp³-hybridized carbons (Fsp3) is 0.444. The zero-order chi connectivity index (χ0) is 16.8. The molecule has 1 aliphatic heterocycles. The molecule has 2 N–H and O–H groups in total. The third-order valence-electron chi connectivity index (χ3n) is 4.39. The summed E-state index contributed by atoms with van der Waals surface area (Å²) in [5, 5.41) is 9.56. The van der Waals surface area contributed by atoms with Crippen LogP contribution in [0.4, 0.5) is 0 Å². The first-order chi connectivity index (χ1) is 11.8. The van der Waals surface area contributed by atoms with Crippen molar-refractivity contribution < 1.29 is 9.53 Å². The first-order valence-electron chi connectivity index (χ1n) is 8.43. The van der Waals surface area contributed by atoms with Crippen molar-refractivity contribution in [3.63, 3.8) is 0 Å². The molecule has 6 nitrogen and oxygen atoms in total. The van der Waals surface area contributed by atoms with E-state index in [1.807, 2.05) is 6.07 Å². The van der Waals surface area contributed by atoms with Crippen LogP contribution in [0.1, 0.15) is 29.3 Å². The summed E-state index contributed by atoms with van der Waals surface area (Å²) in [6.07, 6.45) is 3.97. The van der Waals surface area contributed by atoms with Gasteiger partial charge in [-0.3, -0.25) is 14.8 Å². The molecular weight excluding hydrogens is 304 g/mol. The Labute approximate surface area is 142 Å². The molecule has 2 aromatic rings. The molecule has 24 heavy (non-hydrogen) atoms. The van der Waals surface area contributed by atoms with Crippen molar-refractivity contribution in [2.75, 3.05) is 19.7 Å². The summed E-state index contributed by atoms with van der Waals surface area (Å²) in [5.74, 6) is -0.112. The lowest BCUT2D eigenvalue weighted by molar-refractivity contribution is -0.0483. The molecular formula is C18H24N4O2. The molecule has 0 radical (unpaired) electrons. The molecule has 0 bridgehead atoms. The number of amides is 1. The first kappa shape index (κ1) is 16.7. The number of hydrogen-bond acceptors (Lipinski definition) is 4. The van der Waals surface area contributed by atoms with Gasteiger partial charge in [-0.15, -0.1) is 0 Å². The highest BCUT2D eigenvalue weighted by atomic mass is 16.5. The molecule has 128 valence electrons. The minimum absolute atomic E-state index is 0.00307. The van der Waals surface area contributed by atoms with Crippen LogP contribution in [0.3, 0.4) is 0 Å². The van der Waals surface area contributed by atoms with E-state index < -0.39 is 0 Å². The number of nitrogens with one attached hydrogen (secondary N) is 2. The monoisotopic (exact) mass is 328 g/mol. The molecule has 1 amide bonds. The van der Waals surface area contributed by atoms with Crippen molar-refractivity contribution in [3.8, 4) is 0 Å². The third-order valence-corrected chi connectivity index (χ3v) is 4.39. The summed E-state index contributed by atoms with van der Waals surface area (Å²) >= 11 is 0. The van der Waals surface area contributed by atoms with Gasteiger partial charge < -0.3 is 10.1 Å². The van der Waals surface area contributed by atoms with Gasteiger partial charge in [0.15, 0.2) is 0 Å². The number of aromatic nitrogens is 2. The molecule has 0 spiro atoms. The highest BCUT2D eigenvalue weighted by Gasteiger charge is 2.28. The van der Waals surface area contributed by atoms with E-state index in [0.717, 1.165) is 26.1 Å². The standard InChI is InChI=1S/C18H24N4O2/c1-2-16(21-18(23)15-10-19-20-11-15)17-13-22(8-9-24-17)12-14-6-4-3-5-7-14/h3-7,10-11,16-17H,2,8-9,12-13H2,1H3,(H,19,20)(H,21,23)/t16-,17-/m1/s1. The van der Waals surface area contributed by atoms with Crippen LogP contribution in [0.25, 0.3) is 0 Å². The fourth-order valence-electron chi connectivity index (χ4n) is 3.04. The van der Waals surface area contributed by atoms with Gasteiger partial charge in [0.2, 0.25) is 0 Å². The number of ether oxygens (including phenoxy) is 1. The molecule has 0 saturated carbocycles. The molecule has 2 heterocycles. The summed E-state index contributed by atoms with van der Waals surface area (Å²) in [4.78, 5) is 14.6. The molecule has 3 rings (SSSR count). The minimum Gasteiger partial charge on any atom is -0.373 e. The van der Waals surface area contributed by atoms with E-state index in [9.17, 15) is 4.79 Å². The van der Waals surface area contributed by atoms with E-state index in [0.29, 0.717) is 12.2 Å². The van der Waals surface area contributed by atoms with Crippen LogP contribution in [0.15, 0.2) is 42.7 Å². The van der Waals surface area contributed by atoms with Crippen LogP contribution in [0, 0.1) is 0 Å². The van der Waals surface area contributed by atoms with Crippen molar-refractivity contribution in [1.29, 1.82) is 0 Å². The van der Waals surface area contributed by atoms with Crippen LogP contribution >= 0.6 is 0 Å². The van der Waals surface area contributed by atoms with Gasteiger partial charge in [-0.25, -0.2) is 0 Å². The van der Waals surface area contributed by atoms with Crippen molar-refractivity contribution in [2.24, 2.45) is 0 Å². The maximum Gasteiger partial charge on any atom is 0.254 e. The maximum atomic E-state index is 12.3. The zero-order valence-electron chi connectivity index (χ0n) is 13.9. The van der Waals surface area contributed by atoms with Gasteiger partial charge in [0.25, 0.3) is 5.91 Å². The Morgan fingerprint density at radius 2 is 2.29 bits per heavy atom. The summed E-state index contributed by atoms with van der Waals surface area (Å²) in [5.41, 5.74) is 1.85. The number of aromatic amines is 1. The number of carbonyl (C=O) groups is 1. The predicted molar refractivity (Wildman–Crippen MR) is 91.6 cm³/mol. The van der Waals surface area contributed by atoms with Crippen LogP contribution in [-0.4, -0.2) is 52.8 Å². The summed E-state index contributed by atoms with van der Waals surface area (Å²) < 4.78 is 5.94. The highest BCUT2D eigenvalue weighted by molar-refractivity contribution is 5.93. The number of H-pyrrole nitrogens is 1. The lowest BCUT2D eigenvalue weighted by atomic mass is 10.1. The summed E-state index contributed by atoms with van der Waals surface area (Å²) in [6, 6.07) is 10.4. The molecule has 2 atom stereocenters. The highest BCUT2D eigenvalue weighted by Crippen LogP contribution is 2.15. The van der Waals surface area contributed by atoms with E-state index in [1.54, 1.807) is 6.20 Å². The minimum atomic E-state index is -0.112. The van der Waals surface area contributed by atoms with Crippen molar-refractivity contribution in [1.82, 2.24) is 20.4 Å². The maximum absolute atomic E-state index is 12.3. The second-order valence-electron chi connectivity index (χ2n) is 6.11. The number of carbonyl (C=O) groups excluding carboxylic acids is 1. The van der Waals surface area contributed by atoms with Crippen LogP contribution in [-0.2, 0) is 11.3 Å². The topological polar surface area (TPSA) is 70.2 Å². The largest absolute Gasteiger partial charge is 0.373 e. The molecule has 1 saturated heterocycles. The van der Waals surface area contributed by atoms with Gasteiger partial charge in [0.05, 0.1) is 30.5 Å². The Morgan fingerprint density at radius 1 is 1.46 bits per heavy atom. The molecule has 1 fully saturated rings. The van der Waals surface area contributed by atoms with Gasteiger partial charge in [-0.05, 0) is 12.0 Å². The zero-order valence-corrected chi connectivity index (χ0v) is 13.9. The van der Waals surface area contributed by atoms with Gasteiger partial charge in [0.1, 0.15) is 0 Å². The van der Waals surface area contributed by atoms with Gasteiger partial charge in [-0.1, -0.05) is 37.3 Å². The smallest absolute Gasteiger partial charge is 0.254 e. The van der Waals surface area contributed by atoms with E-state index >= 15 is 0 Å². The average Bonchev–Trinajstić information content (AvgIpc) is 3.15. The second kappa shape index (κ2) is 8.08. The Kier molecular flexibility index (Phi) is 5.61. The molecule has 6 heteroatoms. The normalized spacial score (nSPS) is 19.8. The van der Waals surface area contributed by atoms with E-state index in [4.69, 9.17) is 4.74 Å². The summed E-state index contributed by atoms with van der Waals surface area (Å²) in [7, 11) is 0. The number of hydrogen-bond donors (Lipinski definition) is 2. The van der Waals surface area contributed by atoms with Crippen LogP contribution in [0.5, 0.6) is 0 Å². The van der Waals surface area contributed by atoms with Crippen LogP contribution in [0.2, 0.25) is 0 Å². The molecule has 1 aliphatic rings. The van der Waals surface area contributed by atoms with E-state index in [2.05, 4.69) is 51.6 Å². The Bertz CT molecular complexity index is 630. The van der Waals surface area contributed by atoms with E-state index in [-0.39, 0.29) is 18.1 Å². The fourth-order valence-corrected chi connectivity index (χ4v) is 3.04. The lowest BCUT2D eigenvalue weighted by Gasteiger charge is -2.37. The molecule has 1 aromatic heterocycles. The number of benzene rings is 1.